The van der Waals surface area contributed by atoms with E-state index in [2.05, 4.69) is 13.6 Å². The Hall–Kier alpha value is 0.220. The summed E-state index contributed by atoms with van der Waals surface area (Å²) in [6.45, 7) is 9.52. The molecule has 134 valence electrons. The minimum absolute atomic E-state index is 0.00167. The lowest BCUT2D eigenvalue weighted by atomic mass is 9.93. The van der Waals surface area contributed by atoms with Gasteiger partial charge in [0.2, 0.25) is 0 Å². The van der Waals surface area contributed by atoms with Crippen LogP contribution in [0.5, 0.6) is 0 Å². The van der Waals surface area contributed by atoms with Gasteiger partial charge in [-0.15, -0.1) is 0 Å². The Labute approximate surface area is 132 Å². The highest BCUT2D eigenvalue weighted by Crippen LogP contribution is 2.43. The fourth-order valence-electron chi connectivity index (χ4n) is 1.16. The van der Waals surface area contributed by atoms with Gasteiger partial charge in [-0.1, -0.05) is 20.8 Å². The standard InChI is InChI=1S/C12H28O8P2/c1-11(2,3)7-8-17-21(13,14)18-9-10-19-22(15,16)20-12(4,5)6/h7-10H2,1-6H3,(H,13,14)(H,15,16)/p-2. The Morgan fingerprint density at radius 2 is 1.18 bits per heavy atom. The van der Waals surface area contributed by atoms with E-state index in [9.17, 15) is 18.9 Å². The SMILES string of the molecule is CC(C)(C)CCOP(=O)([O-])OCCOP(=O)([O-])OC(C)(C)C. The van der Waals surface area contributed by atoms with Gasteiger partial charge in [0, 0.05) is 0 Å². The smallest absolute Gasteiger partial charge is 0.268 e. The molecule has 2 unspecified atom stereocenters. The lowest BCUT2D eigenvalue weighted by Crippen LogP contribution is -2.23. The van der Waals surface area contributed by atoms with Crippen LogP contribution in [0.25, 0.3) is 0 Å². The molecule has 0 bridgehead atoms. The summed E-state index contributed by atoms with van der Waals surface area (Å²) >= 11 is 0. The van der Waals surface area contributed by atoms with E-state index >= 15 is 0 Å². The van der Waals surface area contributed by atoms with Crippen molar-refractivity contribution < 1.29 is 37.0 Å². The monoisotopic (exact) mass is 360 g/mol. The number of hydrogen-bond acceptors (Lipinski definition) is 8. The van der Waals surface area contributed by atoms with E-state index in [4.69, 9.17) is 4.52 Å². The Kier molecular flexibility index (Phi) is 8.44. The van der Waals surface area contributed by atoms with Gasteiger partial charge in [0.15, 0.2) is 0 Å². The molecule has 0 aromatic carbocycles. The molecule has 0 saturated carbocycles. The van der Waals surface area contributed by atoms with Gasteiger partial charge in [-0.05, 0) is 32.6 Å². The highest BCUT2D eigenvalue weighted by molar-refractivity contribution is 7.46. The first kappa shape index (κ1) is 22.2. The van der Waals surface area contributed by atoms with Crippen LogP contribution in [0.2, 0.25) is 0 Å². The summed E-state index contributed by atoms with van der Waals surface area (Å²) in [5.41, 5.74) is -0.995. The van der Waals surface area contributed by atoms with Crippen LogP contribution in [0.4, 0.5) is 0 Å². The topological polar surface area (TPSA) is 117 Å². The van der Waals surface area contributed by atoms with Crippen LogP contribution >= 0.6 is 15.6 Å². The van der Waals surface area contributed by atoms with E-state index in [1.54, 1.807) is 20.8 Å². The Bertz CT molecular complexity index is 424. The molecule has 8 nitrogen and oxygen atoms in total. The molecule has 0 aliphatic heterocycles. The average molecular weight is 360 g/mol. The lowest BCUT2D eigenvalue weighted by molar-refractivity contribution is -0.238. The van der Waals surface area contributed by atoms with E-state index in [1.807, 2.05) is 20.8 Å². The van der Waals surface area contributed by atoms with Gasteiger partial charge in [0.25, 0.3) is 15.6 Å². The third kappa shape index (κ3) is 13.9. The maximum Gasteiger partial charge on any atom is 0.268 e. The second-order valence-electron chi connectivity index (χ2n) is 6.91. The van der Waals surface area contributed by atoms with Gasteiger partial charge >= 0.3 is 0 Å². The summed E-state index contributed by atoms with van der Waals surface area (Å²) in [6.07, 6.45) is 0.536. The first-order chi connectivity index (χ1) is 9.62. The van der Waals surface area contributed by atoms with Gasteiger partial charge in [0.1, 0.15) is 0 Å². The molecule has 10 heteroatoms. The summed E-state index contributed by atoms with van der Waals surface area (Å²) in [5, 5.41) is 0. The van der Waals surface area contributed by atoms with Crippen LogP contribution < -0.4 is 9.79 Å². The summed E-state index contributed by atoms with van der Waals surface area (Å²) in [5.74, 6) is 0. The van der Waals surface area contributed by atoms with Crippen molar-refractivity contribution in [1.29, 1.82) is 0 Å². The van der Waals surface area contributed by atoms with E-state index in [0.717, 1.165) is 0 Å². The summed E-state index contributed by atoms with van der Waals surface area (Å²) in [6, 6.07) is 0. The molecule has 0 rings (SSSR count). The molecule has 0 N–H and O–H groups in total. The number of phosphoric ester groups is 2. The van der Waals surface area contributed by atoms with Gasteiger partial charge in [0.05, 0.1) is 25.4 Å². The van der Waals surface area contributed by atoms with E-state index in [0.29, 0.717) is 6.42 Å². The molecule has 0 aromatic heterocycles. The van der Waals surface area contributed by atoms with Crippen molar-refractivity contribution in [2.45, 2.75) is 53.6 Å². The van der Waals surface area contributed by atoms with Crippen LogP contribution in [-0.2, 0) is 27.2 Å². The molecule has 0 amide bonds. The van der Waals surface area contributed by atoms with Crippen LogP contribution in [0, 0.1) is 5.41 Å². The van der Waals surface area contributed by atoms with Crippen LogP contribution in [0.15, 0.2) is 0 Å². The molecule has 0 spiro atoms. The van der Waals surface area contributed by atoms with Gasteiger partial charge in [-0.2, -0.15) is 0 Å². The first-order valence-corrected chi connectivity index (χ1v) is 9.81. The van der Waals surface area contributed by atoms with Crippen LogP contribution in [0.3, 0.4) is 0 Å². The number of hydrogen-bond donors (Lipinski definition) is 0. The molecule has 2 atom stereocenters. The minimum Gasteiger partial charge on any atom is -0.756 e. The Morgan fingerprint density at radius 3 is 1.59 bits per heavy atom. The van der Waals surface area contributed by atoms with E-state index < -0.39 is 34.5 Å². The molecular weight excluding hydrogens is 334 g/mol. The summed E-state index contributed by atoms with van der Waals surface area (Å²) in [7, 11) is -8.97. The number of rotatable bonds is 9. The summed E-state index contributed by atoms with van der Waals surface area (Å²) < 4.78 is 41.2. The molecule has 0 aromatic rings. The molecule has 0 saturated heterocycles. The lowest BCUT2D eigenvalue weighted by Gasteiger charge is -2.31. The van der Waals surface area contributed by atoms with Crippen molar-refractivity contribution in [2.75, 3.05) is 19.8 Å². The third-order valence-corrected chi connectivity index (χ3v) is 4.34. The quantitative estimate of drug-likeness (QED) is 0.454. The predicted molar refractivity (Wildman–Crippen MR) is 78.0 cm³/mol. The molecule has 0 aliphatic rings. The molecule has 0 aliphatic carbocycles. The van der Waals surface area contributed by atoms with Crippen LogP contribution in [-0.4, -0.2) is 25.4 Å². The fourth-order valence-corrected chi connectivity index (χ4v) is 2.87. The minimum atomic E-state index is -4.50. The Morgan fingerprint density at radius 1 is 0.773 bits per heavy atom. The Balaban J connectivity index is 4.04. The number of phosphoric acid groups is 2. The van der Waals surface area contributed by atoms with E-state index in [1.165, 1.54) is 0 Å². The average Bonchev–Trinajstić information content (AvgIpc) is 2.18. The van der Waals surface area contributed by atoms with Gasteiger partial charge in [-0.25, -0.2) is 0 Å². The van der Waals surface area contributed by atoms with Gasteiger partial charge in [-0.3, -0.25) is 9.13 Å². The normalized spacial score (nSPS) is 18.7. The zero-order chi connectivity index (χ0) is 17.7. The highest BCUT2D eigenvalue weighted by atomic mass is 31.2. The zero-order valence-electron chi connectivity index (χ0n) is 14.0. The maximum atomic E-state index is 11.4. The third-order valence-electron chi connectivity index (χ3n) is 2.07. The van der Waals surface area contributed by atoms with Gasteiger partial charge < -0.3 is 27.9 Å². The van der Waals surface area contributed by atoms with E-state index in [-0.39, 0.29) is 12.0 Å². The van der Waals surface area contributed by atoms with Crippen molar-refractivity contribution in [3.05, 3.63) is 0 Å². The molecule has 22 heavy (non-hydrogen) atoms. The van der Waals surface area contributed by atoms with Crippen molar-refractivity contribution in [3.63, 3.8) is 0 Å². The molecular formula is C12H26O8P2-2. The van der Waals surface area contributed by atoms with Crippen molar-refractivity contribution in [3.8, 4) is 0 Å². The first-order valence-electron chi connectivity index (χ1n) is 6.88. The van der Waals surface area contributed by atoms with Crippen molar-refractivity contribution in [1.82, 2.24) is 0 Å². The van der Waals surface area contributed by atoms with Crippen LogP contribution in [0.1, 0.15) is 48.0 Å². The maximum absolute atomic E-state index is 11.4. The zero-order valence-corrected chi connectivity index (χ0v) is 15.8. The molecule has 0 fully saturated rings. The molecule has 0 radical (unpaired) electrons. The van der Waals surface area contributed by atoms with Crippen molar-refractivity contribution in [2.24, 2.45) is 5.41 Å². The predicted octanol–water partition coefficient (Wildman–Crippen LogP) is 2.22. The highest BCUT2D eigenvalue weighted by Gasteiger charge is 2.20. The molecule has 0 heterocycles. The summed E-state index contributed by atoms with van der Waals surface area (Å²) in [4.78, 5) is 22.8. The largest absolute Gasteiger partial charge is 0.756 e. The van der Waals surface area contributed by atoms with Crippen molar-refractivity contribution >= 4 is 15.6 Å². The fraction of sp³-hybridized carbons (Fsp3) is 1.00. The second-order valence-corrected chi connectivity index (χ2v) is 9.65. The second kappa shape index (κ2) is 8.36.